The summed E-state index contributed by atoms with van der Waals surface area (Å²) in [5.41, 5.74) is 8.16. The molecule has 1 aromatic heterocycles. The largest absolute Gasteiger partial charge is 0.385 e. The number of nitrogens with one attached hydrogen (secondary N) is 2. The molecule has 2 aromatic rings. The lowest BCUT2D eigenvalue weighted by molar-refractivity contribution is -0.122. The molecule has 1 amide bonds. The van der Waals surface area contributed by atoms with E-state index in [1.54, 1.807) is 7.11 Å². The van der Waals surface area contributed by atoms with Gasteiger partial charge in [-0.05, 0) is 30.9 Å². The van der Waals surface area contributed by atoms with E-state index in [1.807, 2.05) is 24.4 Å². The number of aromatic amines is 1. The number of amides is 1. The summed E-state index contributed by atoms with van der Waals surface area (Å²) < 4.78 is 4.95. The van der Waals surface area contributed by atoms with Crippen molar-refractivity contribution in [3.8, 4) is 0 Å². The molecule has 5 nitrogen and oxygen atoms in total. The molecular weight excluding hydrogens is 266 g/mol. The molecule has 0 bridgehead atoms. The number of carbonyl (C=O) groups excluding carboxylic acids is 1. The minimum Gasteiger partial charge on any atom is -0.385 e. The van der Waals surface area contributed by atoms with Crippen LogP contribution in [0.1, 0.15) is 18.4 Å². The van der Waals surface area contributed by atoms with Crippen molar-refractivity contribution in [2.75, 3.05) is 20.3 Å². The minimum absolute atomic E-state index is 0.0917. The first-order valence-corrected chi connectivity index (χ1v) is 7.29. The van der Waals surface area contributed by atoms with Gasteiger partial charge in [-0.2, -0.15) is 0 Å². The molecule has 5 heteroatoms. The Balaban J connectivity index is 1.77. The zero-order valence-electron chi connectivity index (χ0n) is 12.4. The molecule has 21 heavy (non-hydrogen) atoms. The topological polar surface area (TPSA) is 80.1 Å². The first-order chi connectivity index (χ1) is 10.2. The molecule has 0 spiro atoms. The lowest BCUT2D eigenvalue weighted by Crippen LogP contribution is -2.41. The number of hydrogen-bond donors (Lipinski definition) is 3. The summed E-state index contributed by atoms with van der Waals surface area (Å²) in [4.78, 5) is 15.1. The Morgan fingerprint density at radius 2 is 2.24 bits per heavy atom. The van der Waals surface area contributed by atoms with Gasteiger partial charge in [-0.1, -0.05) is 18.2 Å². The zero-order valence-corrected chi connectivity index (χ0v) is 12.4. The second-order valence-electron chi connectivity index (χ2n) is 5.14. The van der Waals surface area contributed by atoms with Crippen LogP contribution < -0.4 is 11.1 Å². The van der Waals surface area contributed by atoms with E-state index in [0.29, 0.717) is 19.6 Å². The number of aromatic nitrogens is 1. The summed E-state index contributed by atoms with van der Waals surface area (Å²) in [6, 6.07) is 7.69. The first kappa shape index (κ1) is 15.5. The number of H-pyrrole nitrogens is 1. The summed E-state index contributed by atoms with van der Waals surface area (Å²) >= 11 is 0. The highest BCUT2D eigenvalue weighted by atomic mass is 16.5. The van der Waals surface area contributed by atoms with Crippen molar-refractivity contribution in [2.24, 2.45) is 5.73 Å². The molecule has 1 aromatic carbocycles. The summed E-state index contributed by atoms with van der Waals surface area (Å²) in [7, 11) is 1.65. The highest BCUT2D eigenvalue weighted by Gasteiger charge is 2.12. The highest BCUT2D eigenvalue weighted by Crippen LogP contribution is 2.17. The third-order valence-corrected chi connectivity index (χ3v) is 3.57. The number of nitrogens with two attached hydrogens (primary N) is 1. The minimum atomic E-state index is -0.455. The van der Waals surface area contributed by atoms with Crippen LogP contribution in [0.25, 0.3) is 10.9 Å². The SMILES string of the molecule is COCCCC(N)C(=O)NCCc1c[nH]c2ccccc12. The lowest BCUT2D eigenvalue weighted by atomic mass is 10.1. The molecular formula is C16H23N3O2. The van der Waals surface area contributed by atoms with Crippen molar-refractivity contribution in [1.29, 1.82) is 0 Å². The second-order valence-corrected chi connectivity index (χ2v) is 5.14. The normalized spacial score (nSPS) is 12.5. The summed E-state index contributed by atoms with van der Waals surface area (Å²) in [5, 5.41) is 4.10. The molecule has 114 valence electrons. The quantitative estimate of drug-likeness (QED) is 0.645. The van der Waals surface area contributed by atoms with Crippen LogP contribution in [-0.2, 0) is 16.0 Å². The Labute approximate surface area is 124 Å². The molecule has 0 aliphatic heterocycles. The molecule has 0 saturated heterocycles. The molecule has 1 heterocycles. The predicted molar refractivity (Wildman–Crippen MR) is 84.1 cm³/mol. The molecule has 1 atom stereocenters. The van der Waals surface area contributed by atoms with E-state index in [0.717, 1.165) is 18.4 Å². The summed E-state index contributed by atoms with van der Waals surface area (Å²) in [6.45, 7) is 1.23. The van der Waals surface area contributed by atoms with Crippen LogP contribution in [0.4, 0.5) is 0 Å². The number of carbonyl (C=O) groups is 1. The van der Waals surface area contributed by atoms with Gasteiger partial charge in [0.25, 0.3) is 0 Å². The van der Waals surface area contributed by atoms with E-state index in [9.17, 15) is 4.79 Å². The van der Waals surface area contributed by atoms with Gasteiger partial charge in [0.15, 0.2) is 0 Å². The van der Waals surface area contributed by atoms with Gasteiger partial charge in [-0.15, -0.1) is 0 Å². The van der Waals surface area contributed by atoms with Crippen LogP contribution in [0, 0.1) is 0 Å². The summed E-state index contributed by atoms with van der Waals surface area (Å²) in [6.07, 6.45) is 4.23. The van der Waals surface area contributed by atoms with E-state index < -0.39 is 6.04 Å². The van der Waals surface area contributed by atoms with Crippen LogP contribution in [0.15, 0.2) is 30.5 Å². The fraction of sp³-hybridized carbons (Fsp3) is 0.438. The highest BCUT2D eigenvalue weighted by molar-refractivity contribution is 5.83. The average Bonchev–Trinajstić information content (AvgIpc) is 2.91. The Hall–Kier alpha value is -1.85. The summed E-state index contributed by atoms with van der Waals surface area (Å²) in [5.74, 6) is -0.0917. The molecule has 0 saturated carbocycles. The van der Waals surface area contributed by atoms with Crippen LogP contribution in [0.5, 0.6) is 0 Å². The fourth-order valence-corrected chi connectivity index (χ4v) is 2.37. The van der Waals surface area contributed by atoms with Crippen LogP contribution in [0.2, 0.25) is 0 Å². The van der Waals surface area contributed by atoms with E-state index >= 15 is 0 Å². The smallest absolute Gasteiger partial charge is 0.236 e. The van der Waals surface area contributed by atoms with Crippen molar-refractivity contribution in [3.05, 3.63) is 36.0 Å². The monoisotopic (exact) mass is 289 g/mol. The molecule has 4 N–H and O–H groups in total. The predicted octanol–water partition coefficient (Wildman–Crippen LogP) is 1.58. The van der Waals surface area contributed by atoms with Gasteiger partial charge in [0.2, 0.25) is 5.91 Å². The molecule has 0 fully saturated rings. The maximum Gasteiger partial charge on any atom is 0.236 e. The molecule has 0 aliphatic carbocycles. The van der Waals surface area contributed by atoms with Crippen molar-refractivity contribution in [2.45, 2.75) is 25.3 Å². The Morgan fingerprint density at radius 1 is 1.43 bits per heavy atom. The third-order valence-electron chi connectivity index (χ3n) is 3.57. The van der Waals surface area contributed by atoms with Crippen LogP contribution in [0.3, 0.4) is 0 Å². The van der Waals surface area contributed by atoms with Gasteiger partial charge < -0.3 is 20.8 Å². The molecule has 1 unspecified atom stereocenters. The van der Waals surface area contributed by atoms with E-state index in [4.69, 9.17) is 10.5 Å². The number of rotatable bonds is 8. The van der Waals surface area contributed by atoms with Gasteiger partial charge in [0.05, 0.1) is 6.04 Å². The van der Waals surface area contributed by atoms with Gasteiger partial charge in [0.1, 0.15) is 0 Å². The molecule has 0 aliphatic rings. The lowest BCUT2D eigenvalue weighted by Gasteiger charge is -2.11. The van der Waals surface area contributed by atoms with Crippen molar-refractivity contribution < 1.29 is 9.53 Å². The number of para-hydroxylation sites is 1. The van der Waals surface area contributed by atoms with Crippen molar-refractivity contribution in [3.63, 3.8) is 0 Å². The van der Waals surface area contributed by atoms with Gasteiger partial charge in [-0.3, -0.25) is 4.79 Å². The average molecular weight is 289 g/mol. The van der Waals surface area contributed by atoms with E-state index in [1.165, 1.54) is 10.9 Å². The van der Waals surface area contributed by atoms with Gasteiger partial charge >= 0.3 is 0 Å². The number of benzene rings is 1. The van der Waals surface area contributed by atoms with Crippen molar-refractivity contribution in [1.82, 2.24) is 10.3 Å². The fourth-order valence-electron chi connectivity index (χ4n) is 2.37. The molecule has 0 radical (unpaired) electrons. The van der Waals surface area contributed by atoms with Crippen molar-refractivity contribution >= 4 is 16.8 Å². The maximum absolute atomic E-state index is 11.8. The molecule has 2 rings (SSSR count). The second kappa shape index (κ2) is 7.81. The maximum atomic E-state index is 11.8. The van der Waals surface area contributed by atoms with E-state index in [2.05, 4.69) is 16.4 Å². The number of methoxy groups -OCH3 is 1. The standard InChI is InChI=1S/C16H23N3O2/c1-21-10-4-6-14(17)16(20)18-9-8-12-11-19-15-7-3-2-5-13(12)15/h2-3,5,7,11,14,19H,4,6,8-10,17H2,1H3,(H,18,20). The van der Waals surface area contributed by atoms with Gasteiger partial charge in [0, 0.05) is 37.4 Å². The Kier molecular flexibility index (Phi) is 5.78. The van der Waals surface area contributed by atoms with E-state index in [-0.39, 0.29) is 5.91 Å². The Bertz CT molecular complexity index is 580. The van der Waals surface area contributed by atoms with Crippen LogP contribution in [-0.4, -0.2) is 37.2 Å². The number of hydrogen-bond acceptors (Lipinski definition) is 3. The number of fused-ring (bicyclic) bond motifs is 1. The first-order valence-electron chi connectivity index (χ1n) is 7.29. The van der Waals surface area contributed by atoms with Gasteiger partial charge in [-0.25, -0.2) is 0 Å². The van der Waals surface area contributed by atoms with Crippen LogP contribution >= 0.6 is 0 Å². The third kappa shape index (κ3) is 4.31. The zero-order chi connectivity index (χ0) is 15.1. The number of ether oxygens (including phenoxy) is 1. The Morgan fingerprint density at radius 3 is 3.05 bits per heavy atom.